The summed E-state index contributed by atoms with van der Waals surface area (Å²) in [5.41, 5.74) is 16.1. The van der Waals surface area contributed by atoms with Gasteiger partial charge in [0.1, 0.15) is 30.2 Å². The van der Waals surface area contributed by atoms with E-state index < -0.39 is 83.9 Å². The van der Waals surface area contributed by atoms with Crippen molar-refractivity contribution in [1.29, 1.82) is 0 Å². The Labute approximate surface area is 415 Å². The molecule has 0 aliphatic rings. The number of amides is 5. The SMILES string of the molecule is NCCCC[C@H](NC(=O)[C@H](CS)NC(=O)[C@@H](N)Cc1cnc[nH]1)C(=O)N[C@@H](Cc1ccccc1)C(=O)N[C@@H](Cc1c[nH]c2ccccc12)C(=O)N[C@@H](Cc1c[nH]c2ccccc12)C(=O)O.O=C(O)C(F)(F)F. The highest BCUT2D eigenvalue weighted by atomic mass is 32.1. The normalized spacial score (nSPS) is 13.8. The molecule has 0 saturated heterocycles. The first-order valence-corrected chi connectivity index (χ1v) is 23.2. The topological polar surface area (TPSA) is 332 Å². The van der Waals surface area contributed by atoms with Gasteiger partial charge in [0.05, 0.1) is 12.4 Å². The lowest BCUT2D eigenvalue weighted by Crippen LogP contribution is -2.60. The Kier molecular flexibility index (Phi) is 20.3. The highest BCUT2D eigenvalue weighted by molar-refractivity contribution is 7.80. The molecule has 0 fully saturated rings. The molecular formula is C48H56F3N11O9S. The second-order valence-electron chi connectivity index (χ2n) is 16.6. The Morgan fingerprint density at radius 1 is 0.611 bits per heavy atom. The Morgan fingerprint density at radius 2 is 1.08 bits per heavy atom. The summed E-state index contributed by atoms with van der Waals surface area (Å²) in [6.07, 6.45) is 2.50. The van der Waals surface area contributed by atoms with Crippen molar-refractivity contribution in [2.75, 3.05) is 12.3 Å². The number of halogens is 3. The van der Waals surface area contributed by atoms with Gasteiger partial charge in [0.15, 0.2) is 0 Å². The molecule has 0 aliphatic carbocycles. The van der Waals surface area contributed by atoms with Crippen LogP contribution in [-0.2, 0) is 59.2 Å². The highest BCUT2D eigenvalue weighted by Gasteiger charge is 2.38. The van der Waals surface area contributed by atoms with E-state index in [1.54, 1.807) is 42.7 Å². The van der Waals surface area contributed by atoms with Crippen molar-refractivity contribution in [3.63, 3.8) is 0 Å². The Hall–Kier alpha value is -7.70. The summed E-state index contributed by atoms with van der Waals surface area (Å²) in [4.78, 5) is 104. The van der Waals surface area contributed by atoms with Gasteiger partial charge in [-0.1, -0.05) is 66.7 Å². The van der Waals surface area contributed by atoms with Gasteiger partial charge in [-0.2, -0.15) is 25.8 Å². The lowest BCUT2D eigenvalue weighted by molar-refractivity contribution is -0.192. The number of hydrogen-bond donors (Lipinski definition) is 13. The molecule has 0 aliphatic heterocycles. The van der Waals surface area contributed by atoms with Gasteiger partial charge < -0.3 is 63.2 Å². The van der Waals surface area contributed by atoms with Crippen molar-refractivity contribution in [2.45, 2.75) is 87.4 Å². The van der Waals surface area contributed by atoms with E-state index in [1.807, 2.05) is 48.5 Å². The number of unbranched alkanes of at least 4 members (excludes halogenated alkanes) is 1. The van der Waals surface area contributed by atoms with Gasteiger partial charge in [-0.25, -0.2) is 14.6 Å². The number of nitrogens with zero attached hydrogens (tertiary/aromatic N) is 1. The van der Waals surface area contributed by atoms with Crippen molar-refractivity contribution < 1.29 is 56.9 Å². The van der Waals surface area contributed by atoms with Crippen LogP contribution in [0.2, 0.25) is 0 Å². The number of alkyl halides is 3. The fraction of sp³-hybridized carbons (Fsp3) is 0.333. The van der Waals surface area contributed by atoms with Crippen molar-refractivity contribution in [1.82, 2.24) is 46.5 Å². The number of nitrogens with one attached hydrogen (secondary N) is 8. The minimum absolute atomic E-state index is 0.00877. The van der Waals surface area contributed by atoms with E-state index in [1.165, 1.54) is 12.5 Å². The maximum atomic E-state index is 14.6. The number of H-pyrrole nitrogens is 3. The zero-order chi connectivity index (χ0) is 52.4. The number of para-hydroxylation sites is 2. The van der Waals surface area contributed by atoms with Crippen LogP contribution in [0.15, 0.2) is 104 Å². The Balaban J connectivity index is 0.00000128. The number of imidazole rings is 1. The second-order valence-corrected chi connectivity index (χ2v) is 17.0. The molecule has 0 bridgehead atoms. The van der Waals surface area contributed by atoms with Crippen LogP contribution in [0, 0.1) is 0 Å². The average Bonchev–Trinajstić information content (AvgIpc) is 4.13. The summed E-state index contributed by atoms with van der Waals surface area (Å²) in [5.74, 6) is -7.64. The highest BCUT2D eigenvalue weighted by Crippen LogP contribution is 2.22. The van der Waals surface area contributed by atoms with Crippen LogP contribution in [0.25, 0.3) is 21.8 Å². The molecule has 6 atom stereocenters. The number of aromatic nitrogens is 4. The summed E-state index contributed by atoms with van der Waals surface area (Å²) in [6.45, 7) is 0.329. The Bertz CT molecular complexity index is 2770. The predicted octanol–water partition coefficient (Wildman–Crippen LogP) is 2.17. The Morgan fingerprint density at radius 3 is 1.60 bits per heavy atom. The first-order valence-electron chi connectivity index (χ1n) is 22.6. The van der Waals surface area contributed by atoms with E-state index in [0.717, 1.165) is 21.8 Å². The number of benzene rings is 3. The van der Waals surface area contributed by atoms with Crippen LogP contribution in [0.3, 0.4) is 0 Å². The lowest BCUT2D eigenvalue weighted by Gasteiger charge is -2.27. The van der Waals surface area contributed by atoms with E-state index >= 15 is 0 Å². The molecule has 6 aromatic rings. The van der Waals surface area contributed by atoms with Crippen LogP contribution in [0.4, 0.5) is 13.2 Å². The third-order valence-corrected chi connectivity index (χ3v) is 11.7. The number of carbonyl (C=O) groups excluding carboxylic acids is 5. The molecule has 3 aromatic carbocycles. The summed E-state index contributed by atoms with van der Waals surface area (Å²) in [7, 11) is 0. The van der Waals surface area contributed by atoms with Gasteiger partial charge in [-0.05, 0) is 54.6 Å². The van der Waals surface area contributed by atoms with E-state index in [2.05, 4.69) is 59.1 Å². The monoisotopic (exact) mass is 1020 g/mol. The molecule has 20 nitrogen and oxygen atoms in total. The number of thiol groups is 1. The lowest BCUT2D eigenvalue weighted by atomic mass is 10.0. The van der Waals surface area contributed by atoms with Crippen molar-refractivity contribution in [3.05, 3.63) is 126 Å². The molecule has 0 unspecified atom stereocenters. The van der Waals surface area contributed by atoms with Crippen molar-refractivity contribution >= 4 is 75.9 Å². The first kappa shape index (κ1) is 55.2. The smallest absolute Gasteiger partial charge is 0.480 e. The third-order valence-electron chi connectivity index (χ3n) is 11.3. The van der Waals surface area contributed by atoms with Crippen LogP contribution in [0.5, 0.6) is 0 Å². The van der Waals surface area contributed by atoms with Gasteiger partial charge >= 0.3 is 18.1 Å². The van der Waals surface area contributed by atoms with Crippen LogP contribution >= 0.6 is 12.6 Å². The van der Waals surface area contributed by atoms with E-state index in [0.29, 0.717) is 41.8 Å². The number of carbonyl (C=O) groups is 7. The molecule has 0 saturated carbocycles. The molecule has 384 valence electrons. The average molecular weight is 1020 g/mol. The summed E-state index contributed by atoms with van der Waals surface area (Å²) < 4.78 is 31.7. The molecule has 0 radical (unpaired) electrons. The van der Waals surface area contributed by atoms with Crippen molar-refractivity contribution in [3.8, 4) is 0 Å². The number of hydrogen-bond acceptors (Lipinski definition) is 11. The van der Waals surface area contributed by atoms with Gasteiger partial charge in [0, 0.05) is 77.5 Å². The minimum Gasteiger partial charge on any atom is -0.480 e. The molecule has 72 heavy (non-hydrogen) atoms. The number of aliphatic carboxylic acids is 2. The quantitative estimate of drug-likeness (QED) is 0.0307. The summed E-state index contributed by atoms with van der Waals surface area (Å²) >= 11 is 4.28. The number of carboxylic acids is 2. The first-order chi connectivity index (χ1) is 34.4. The molecule has 0 spiro atoms. The van der Waals surface area contributed by atoms with E-state index in [9.17, 15) is 47.0 Å². The molecule has 3 aromatic heterocycles. The molecule has 5 amide bonds. The largest absolute Gasteiger partial charge is 0.490 e. The number of aromatic amines is 3. The fourth-order valence-electron chi connectivity index (χ4n) is 7.56. The van der Waals surface area contributed by atoms with E-state index in [-0.39, 0.29) is 37.9 Å². The maximum Gasteiger partial charge on any atom is 0.490 e. The number of nitrogens with two attached hydrogens (primary N) is 2. The molecule has 14 N–H and O–H groups in total. The number of carboxylic acid groups (broad SMARTS) is 2. The molecule has 3 heterocycles. The zero-order valence-corrected chi connectivity index (χ0v) is 39.5. The second kappa shape index (κ2) is 26.5. The van der Waals surface area contributed by atoms with Crippen LogP contribution in [0.1, 0.15) is 41.6 Å². The van der Waals surface area contributed by atoms with Gasteiger partial charge in [0.25, 0.3) is 0 Å². The predicted molar refractivity (Wildman–Crippen MR) is 262 cm³/mol. The van der Waals surface area contributed by atoms with Crippen molar-refractivity contribution in [2.24, 2.45) is 11.5 Å². The third kappa shape index (κ3) is 16.2. The number of fused-ring (bicyclic) bond motifs is 2. The zero-order valence-electron chi connectivity index (χ0n) is 38.6. The molecular weight excluding hydrogens is 964 g/mol. The van der Waals surface area contributed by atoms with E-state index in [4.69, 9.17) is 21.4 Å². The standard InChI is InChI=1S/C46H55N11O7S.C2HF3O2/c47-17-9-8-16-36(53-45(62)40(25-65)57-41(58)33(48)21-30-24-49-26-52-30)42(59)54-37(18-27-10-2-1-3-11-27)43(60)55-38(19-28-22-50-34-14-6-4-12-31(28)34)44(61)56-39(46(63)64)20-29-23-51-35-15-7-5-13-32(29)35;3-2(4,5)1(6)7/h1-7,10-15,22-24,26,33,36-40,50-51,65H,8-9,16-21,25,47-48H2,(H,49,52)(H,53,62)(H,54,59)(H,55,60)(H,56,61)(H,57,58)(H,63,64);(H,6,7)/t33-,36-,37-,38-,39-,40-;/m0./s1. The van der Waals surface area contributed by atoms with Gasteiger partial charge in [0.2, 0.25) is 29.5 Å². The summed E-state index contributed by atoms with van der Waals surface area (Å²) in [6, 6.07) is 16.5. The van der Waals surface area contributed by atoms with Crippen LogP contribution < -0.4 is 38.1 Å². The molecule has 6 rings (SSSR count). The van der Waals surface area contributed by atoms with Crippen LogP contribution in [-0.4, -0.2) is 126 Å². The number of rotatable bonds is 24. The fourth-order valence-corrected chi connectivity index (χ4v) is 7.82. The summed E-state index contributed by atoms with van der Waals surface area (Å²) in [5, 5.41) is 32.7. The molecule has 24 heteroatoms. The minimum atomic E-state index is -5.08. The van der Waals surface area contributed by atoms with Gasteiger partial charge in [-0.3, -0.25) is 24.0 Å². The maximum absolute atomic E-state index is 14.6. The van der Waals surface area contributed by atoms with Gasteiger partial charge in [-0.15, -0.1) is 0 Å².